The summed E-state index contributed by atoms with van der Waals surface area (Å²) in [5.74, 6) is -1.67. The van der Waals surface area contributed by atoms with E-state index in [0.717, 1.165) is 0 Å². The van der Waals surface area contributed by atoms with Gasteiger partial charge in [0.2, 0.25) is 0 Å². The minimum atomic E-state index is -0.749. The van der Waals surface area contributed by atoms with Gasteiger partial charge < -0.3 is 10.1 Å². The third-order valence-corrected chi connectivity index (χ3v) is 3.67. The van der Waals surface area contributed by atoms with Crippen molar-refractivity contribution in [1.29, 1.82) is 0 Å². The Labute approximate surface area is 149 Å². The van der Waals surface area contributed by atoms with Crippen molar-refractivity contribution in [2.24, 2.45) is 5.92 Å². The molecule has 0 atom stereocenters. The van der Waals surface area contributed by atoms with Crippen LogP contribution in [0.15, 0.2) is 24.3 Å². The molecule has 1 aromatic heterocycles. The number of hydrogen-bond acceptors (Lipinski definition) is 4. The number of carbonyl (C=O) groups is 2. The second-order valence-corrected chi connectivity index (χ2v) is 6.29. The SMILES string of the molecule is Cc1nn(CC(C)C)c(Cl)c1C(=O)OCC(=O)Nc1ccccc1F. The predicted octanol–water partition coefficient (Wildman–Crippen LogP) is 3.44. The maximum absolute atomic E-state index is 13.5. The van der Waals surface area contributed by atoms with Gasteiger partial charge in [0.15, 0.2) is 6.61 Å². The molecule has 0 spiro atoms. The Morgan fingerprint density at radius 1 is 1.36 bits per heavy atom. The maximum atomic E-state index is 13.5. The van der Waals surface area contributed by atoms with Gasteiger partial charge in [-0.05, 0) is 25.0 Å². The van der Waals surface area contributed by atoms with Gasteiger partial charge in [-0.2, -0.15) is 5.10 Å². The van der Waals surface area contributed by atoms with Gasteiger partial charge in [0.25, 0.3) is 5.91 Å². The van der Waals surface area contributed by atoms with Gasteiger partial charge in [0.1, 0.15) is 16.5 Å². The van der Waals surface area contributed by atoms with Crippen LogP contribution >= 0.6 is 11.6 Å². The Hall–Kier alpha value is -2.41. The molecule has 134 valence electrons. The summed E-state index contributed by atoms with van der Waals surface area (Å²) in [6.07, 6.45) is 0. The van der Waals surface area contributed by atoms with Gasteiger partial charge in [-0.25, -0.2) is 9.18 Å². The maximum Gasteiger partial charge on any atom is 0.343 e. The Morgan fingerprint density at radius 2 is 2.04 bits per heavy atom. The van der Waals surface area contributed by atoms with E-state index in [9.17, 15) is 14.0 Å². The van der Waals surface area contributed by atoms with Crippen molar-refractivity contribution in [3.8, 4) is 0 Å². The molecular weight excluding hydrogens is 349 g/mol. The van der Waals surface area contributed by atoms with Crippen LogP contribution in [-0.2, 0) is 16.1 Å². The third kappa shape index (κ3) is 4.79. The van der Waals surface area contributed by atoms with Crippen LogP contribution in [0.5, 0.6) is 0 Å². The zero-order chi connectivity index (χ0) is 18.6. The van der Waals surface area contributed by atoms with Crippen molar-refractivity contribution in [2.45, 2.75) is 27.3 Å². The van der Waals surface area contributed by atoms with E-state index in [0.29, 0.717) is 18.2 Å². The van der Waals surface area contributed by atoms with Gasteiger partial charge >= 0.3 is 5.97 Å². The number of halogens is 2. The number of benzene rings is 1. The number of esters is 1. The van der Waals surface area contributed by atoms with E-state index in [1.54, 1.807) is 13.0 Å². The fraction of sp³-hybridized carbons (Fsp3) is 0.353. The molecule has 0 saturated carbocycles. The minimum Gasteiger partial charge on any atom is -0.452 e. The minimum absolute atomic E-state index is 0.0162. The highest BCUT2D eigenvalue weighted by Crippen LogP contribution is 2.22. The number of aromatic nitrogens is 2. The molecule has 0 saturated heterocycles. The molecule has 0 bridgehead atoms. The molecule has 0 aliphatic rings. The zero-order valence-electron chi connectivity index (χ0n) is 14.2. The summed E-state index contributed by atoms with van der Waals surface area (Å²) >= 11 is 6.18. The molecule has 0 aliphatic heterocycles. The molecule has 0 fully saturated rings. The van der Waals surface area contributed by atoms with Crippen LogP contribution in [0.4, 0.5) is 10.1 Å². The molecule has 1 N–H and O–H groups in total. The van der Waals surface area contributed by atoms with Crippen molar-refractivity contribution < 1.29 is 18.7 Å². The number of anilines is 1. The highest BCUT2D eigenvalue weighted by Gasteiger charge is 2.22. The second kappa shape index (κ2) is 8.11. The Kier molecular flexibility index (Phi) is 6.14. The van der Waals surface area contributed by atoms with Gasteiger partial charge in [-0.15, -0.1) is 0 Å². The smallest absolute Gasteiger partial charge is 0.343 e. The van der Waals surface area contributed by atoms with Crippen LogP contribution in [0.3, 0.4) is 0 Å². The zero-order valence-corrected chi connectivity index (χ0v) is 14.9. The number of nitrogens with zero attached hydrogens (tertiary/aromatic N) is 2. The standard InChI is InChI=1S/C17H19ClFN3O3/c1-10(2)8-22-16(18)15(11(3)21-22)17(24)25-9-14(23)20-13-7-5-4-6-12(13)19/h4-7,10H,8-9H2,1-3H3,(H,20,23). The van der Waals surface area contributed by atoms with Gasteiger partial charge in [-0.3, -0.25) is 9.48 Å². The molecule has 25 heavy (non-hydrogen) atoms. The normalized spacial score (nSPS) is 10.8. The number of amides is 1. The lowest BCUT2D eigenvalue weighted by Gasteiger charge is -2.08. The van der Waals surface area contributed by atoms with Gasteiger partial charge in [-0.1, -0.05) is 37.6 Å². The van der Waals surface area contributed by atoms with Crippen molar-refractivity contribution in [3.05, 3.63) is 46.5 Å². The number of rotatable bonds is 6. The first-order chi connectivity index (χ1) is 11.8. The topological polar surface area (TPSA) is 73.2 Å². The van der Waals surface area contributed by atoms with E-state index in [2.05, 4.69) is 10.4 Å². The van der Waals surface area contributed by atoms with E-state index in [-0.39, 0.29) is 16.4 Å². The van der Waals surface area contributed by atoms with E-state index < -0.39 is 24.3 Å². The third-order valence-electron chi connectivity index (χ3n) is 3.29. The molecule has 0 aliphatic carbocycles. The monoisotopic (exact) mass is 367 g/mol. The molecule has 1 aromatic carbocycles. The largest absolute Gasteiger partial charge is 0.452 e. The summed E-state index contributed by atoms with van der Waals surface area (Å²) in [6.45, 7) is 5.63. The first-order valence-corrected chi connectivity index (χ1v) is 8.11. The van der Waals surface area contributed by atoms with Crippen molar-refractivity contribution in [2.75, 3.05) is 11.9 Å². The molecule has 0 radical (unpaired) electrons. The number of aryl methyl sites for hydroxylation is 1. The summed E-state index contributed by atoms with van der Waals surface area (Å²) in [5.41, 5.74) is 0.564. The fourth-order valence-electron chi connectivity index (χ4n) is 2.20. The van der Waals surface area contributed by atoms with Crippen molar-refractivity contribution in [1.82, 2.24) is 9.78 Å². The van der Waals surface area contributed by atoms with Crippen LogP contribution in [0.25, 0.3) is 0 Å². The van der Waals surface area contributed by atoms with Gasteiger partial charge in [0, 0.05) is 6.54 Å². The quantitative estimate of drug-likeness (QED) is 0.794. The molecule has 8 heteroatoms. The Balaban J connectivity index is 1.99. The molecule has 1 heterocycles. The van der Waals surface area contributed by atoms with Crippen LogP contribution in [0, 0.1) is 18.7 Å². The predicted molar refractivity (Wildman–Crippen MR) is 92.1 cm³/mol. The molecule has 2 aromatic rings. The lowest BCUT2D eigenvalue weighted by Crippen LogP contribution is -2.21. The highest BCUT2D eigenvalue weighted by molar-refractivity contribution is 6.32. The Morgan fingerprint density at radius 3 is 2.68 bits per heavy atom. The number of nitrogens with one attached hydrogen (secondary N) is 1. The summed E-state index contributed by atoms with van der Waals surface area (Å²) in [7, 11) is 0. The first kappa shape index (κ1) is 18.9. The van der Waals surface area contributed by atoms with Crippen LogP contribution in [-0.4, -0.2) is 28.3 Å². The van der Waals surface area contributed by atoms with Crippen LogP contribution in [0.2, 0.25) is 5.15 Å². The van der Waals surface area contributed by atoms with Crippen molar-refractivity contribution >= 4 is 29.2 Å². The van der Waals surface area contributed by atoms with Crippen molar-refractivity contribution in [3.63, 3.8) is 0 Å². The average molecular weight is 368 g/mol. The molecule has 6 nitrogen and oxygen atoms in total. The number of hydrogen-bond donors (Lipinski definition) is 1. The van der Waals surface area contributed by atoms with E-state index in [4.69, 9.17) is 16.3 Å². The summed E-state index contributed by atoms with van der Waals surface area (Å²) in [4.78, 5) is 24.0. The Bertz CT molecular complexity index is 789. The number of carbonyl (C=O) groups excluding carboxylic acids is 2. The molecule has 2 rings (SSSR count). The average Bonchev–Trinajstić information content (AvgIpc) is 2.81. The van der Waals surface area contributed by atoms with Gasteiger partial charge in [0.05, 0.1) is 11.4 Å². The van der Waals surface area contributed by atoms with Crippen LogP contribution in [0.1, 0.15) is 29.9 Å². The second-order valence-electron chi connectivity index (χ2n) is 5.93. The molecule has 0 unspecified atom stereocenters. The van der Waals surface area contributed by atoms with E-state index in [1.165, 1.54) is 22.9 Å². The lowest BCUT2D eigenvalue weighted by molar-refractivity contribution is -0.119. The first-order valence-electron chi connectivity index (χ1n) is 7.74. The summed E-state index contributed by atoms with van der Waals surface area (Å²) < 4.78 is 20.0. The summed E-state index contributed by atoms with van der Waals surface area (Å²) in [6, 6.07) is 5.71. The van der Waals surface area contributed by atoms with E-state index in [1.807, 2.05) is 13.8 Å². The number of ether oxygens (including phenoxy) is 1. The van der Waals surface area contributed by atoms with E-state index >= 15 is 0 Å². The van der Waals surface area contributed by atoms with Crippen LogP contribution < -0.4 is 5.32 Å². The number of para-hydroxylation sites is 1. The summed E-state index contributed by atoms with van der Waals surface area (Å²) in [5, 5.41) is 6.72. The highest BCUT2D eigenvalue weighted by atomic mass is 35.5. The fourth-order valence-corrected chi connectivity index (χ4v) is 2.52. The lowest BCUT2D eigenvalue weighted by atomic mass is 10.2. The molecular formula is C17H19ClFN3O3. The molecule has 1 amide bonds.